The van der Waals surface area contributed by atoms with Gasteiger partial charge in [0.15, 0.2) is 0 Å². The van der Waals surface area contributed by atoms with Gasteiger partial charge in [-0.2, -0.15) is 0 Å². The molecule has 94 valence electrons. The molecule has 1 aromatic carbocycles. The fraction of sp³-hybridized carbons (Fsp3) is 0.538. The minimum Gasteiger partial charge on any atom is -0.396 e. The van der Waals surface area contributed by atoms with Crippen molar-refractivity contribution in [3.63, 3.8) is 0 Å². The highest BCUT2D eigenvalue weighted by molar-refractivity contribution is 9.10. The fourth-order valence-electron chi connectivity index (χ4n) is 2.32. The predicted octanol–water partition coefficient (Wildman–Crippen LogP) is 1.92. The summed E-state index contributed by atoms with van der Waals surface area (Å²) in [7, 11) is 0. The van der Waals surface area contributed by atoms with Crippen molar-refractivity contribution in [3.05, 3.63) is 28.2 Å². The Morgan fingerprint density at radius 3 is 3.06 bits per heavy atom. The average molecular weight is 299 g/mol. The Kier molecular flexibility index (Phi) is 4.42. The number of rotatable bonds is 3. The quantitative estimate of drug-likeness (QED) is 0.895. The summed E-state index contributed by atoms with van der Waals surface area (Å²) in [5.41, 5.74) is 2.51. The summed E-state index contributed by atoms with van der Waals surface area (Å²) in [6.07, 6.45) is 0.822. The third-order valence-corrected chi connectivity index (χ3v) is 4.18. The maximum atomic E-state index is 9.12. The Morgan fingerprint density at radius 1 is 1.53 bits per heavy atom. The molecule has 1 aliphatic rings. The van der Waals surface area contributed by atoms with E-state index >= 15 is 0 Å². The summed E-state index contributed by atoms with van der Waals surface area (Å²) in [4.78, 5) is 2.40. The Morgan fingerprint density at radius 2 is 2.35 bits per heavy atom. The molecule has 0 radical (unpaired) electrons. The van der Waals surface area contributed by atoms with Crippen molar-refractivity contribution in [1.29, 1.82) is 0 Å². The van der Waals surface area contributed by atoms with E-state index in [-0.39, 0.29) is 6.61 Å². The van der Waals surface area contributed by atoms with Gasteiger partial charge >= 0.3 is 0 Å². The molecule has 1 aliphatic heterocycles. The third kappa shape index (κ3) is 3.00. The molecule has 1 aromatic rings. The van der Waals surface area contributed by atoms with E-state index in [0.717, 1.165) is 30.5 Å². The van der Waals surface area contributed by atoms with E-state index < -0.39 is 0 Å². The van der Waals surface area contributed by atoms with Gasteiger partial charge in [-0.15, -0.1) is 0 Å². The van der Waals surface area contributed by atoms with Gasteiger partial charge in [0.05, 0.1) is 0 Å². The monoisotopic (exact) mass is 298 g/mol. The maximum absolute atomic E-state index is 9.12. The van der Waals surface area contributed by atoms with E-state index in [4.69, 9.17) is 5.11 Å². The number of aryl methyl sites for hydroxylation is 1. The van der Waals surface area contributed by atoms with E-state index in [2.05, 4.69) is 51.3 Å². The van der Waals surface area contributed by atoms with Crippen molar-refractivity contribution in [3.8, 4) is 0 Å². The van der Waals surface area contributed by atoms with Gasteiger partial charge in [-0.05, 0) is 37.1 Å². The van der Waals surface area contributed by atoms with Gasteiger partial charge < -0.3 is 15.3 Å². The first kappa shape index (κ1) is 12.9. The molecule has 1 saturated heterocycles. The summed E-state index contributed by atoms with van der Waals surface area (Å²) >= 11 is 3.53. The molecule has 0 spiro atoms. The molecule has 0 aromatic heterocycles. The van der Waals surface area contributed by atoms with Crippen LogP contribution < -0.4 is 10.2 Å². The van der Waals surface area contributed by atoms with E-state index in [1.807, 2.05) is 0 Å². The van der Waals surface area contributed by atoms with Crippen LogP contribution in [-0.2, 0) is 0 Å². The highest BCUT2D eigenvalue weighted by Gasteiger charge is 2.21. The first-order valence-electron chi connectivity index (χ1n) is 6.06. The van der Waals surface area contributed by atoms with Crippen molar-refractivity contribution in [2.24, 2.45) is 0 Å². The number of hydrogen-bond acceptors (Lipinski definition) is 3. The normalized spacial score (nSPS) is 20.6. The fourth-order valence-corrected chi connectivity index (χ4v) is 2.56. The molecule has 3 nitrogen and oxygen atoms in total. The van der Waals surface area contributed by atoms with E-state index in [1.54, 1.807) is 0 Å². The molecule has 0 aliphatic carbocycles. The molecule has 1 fully saturated rings. The highest BCUT2D eigenvalue weighted by Crippen LogP contribution is 2.25. The summed E-state index contributed by atoms with van der Waals surface area (Å²) < 4.78 is 1.15. The number of nitrogens with zero attached hydrogens (tertiary/aromatic N) is 1. The lowest BCUT2D eigenvalue weighted by molar-refractivity contribution is 0.266. The van der Waals surface area contributed by atoms with E-state index in [1.165, 1.54) is 11.3 Å². The summed E-state index contributed by atoms with van der Waals surface area (Å²) in [6, 6.07) is 6.85. The standard InChI is InChI=1S/C13H19BrN2O/c1-10-8-11(2-3-13(10)14)16-6-5-15-9-12(16)4-7-17/h2-3,8,12,15,17H,4-7,9H2,1H3. The van der Waals surface area contributed by atoms with Gasteiger partial charge in [0.25, 0.3) is 0 Å². The molecule has 1 heterocycles. The predicted molar refractivity (Wildman–Crippen MR) is 74.6 cm³/mol. The largest absolute Gasteiger partial charge is 0.396 e. The number of aliphatic hydroxyl groups is 1. The van der Waals surface area contributed by atoms with Gasteiger partial charge in [0.1, 0.15) is 0 Å². The van der Waals surface area contributed by atoms with Crippen LogP contribution in [0.2, 0.25) is 0 Å². The number of hydrogen-bond donors (Lipinski definition) is 2. The second kappa shape index (κ2) is 5.85. The van der Waals surface area contributed by atoms with Gasteiger partial charge in [0.2, 0.25) is 0 Å². The lowest BCUT2D eigenvalue weighted by Gasteiger charge is -2.38. The lowest BCUT2D eigenvalue weighted by Crippen LogP contribution is -2.51. The van der Waals surface area contributed by atoms with Gasteiger partial charge in [-0.25, -0.2) is 0 Å². The highest BCUT2D eigenvalue weighted by atomic mass is 79.9. The molecule has 17 heavy (non-hydrogen) atoms. The molecule has 0 bridgehead atoms. The van der Waals surface area contributed by atoms with Crippen LogP contribution in [-0.4, -0.2) is 37.4 Å². The number of benzene rings is 1. The smallest absolute Gasteiger partial charge is 0.0451 e. The molecule has 1 unspecified atom stereocenters. The molecule has 2 rings (SSSR count). The van der Waals surface area contributed by atoms with Crippen molar-refractivity contribution >= 4 is 21.6 Å². The van der Waals surface area contributed by atoms with Crippen molar-refractivity contribution in [2.75, 3.05) is 31.1 Å². The van der Waals surface area contributed by atoms with Crippen molar-refractivity contribution in [2.45, 2.75) is 19.4 Å². The Hall–Kier alpha value is -0.580. The van der Waals surface area contributed by atoms with E-state index in [0.29, 0.717) is 6.04 Å². The van der Waals surface area contributed by atoms with Crippen molar-refractivity contribution in [1.82, 2.24) is 5.32 Å². The molecule has 0 saturated carbocycles. The number of aliphatic hydroxyl groups excluding tert-OH is 1. The molecule has 4 heteroatoms. The molecule has 0 amide bonds. The topological polar surface area (TPSA) is 35.5 Å². The van der Waals surface area contributed by atoms with Gasteiger partial charge in [-0.1, -0.05) is 15.9 Å². The Bertz CT molecular complexity index is 382. The summed E-state index contributed by atoms with van der Waals surface area (Å²) in [6.45, 7) is 5.33. The minimum absolute atomic E-state index is 0.248. The summed E-state index contributed by atoms with van der Waals surface area (Å²) in [5, 5.41) is 12.5. The first-order chi connectivity index (χ1) is 8.22. The minimum atomic E-state index is 0.248. The van der Waals surface area contributed by atoms with Crippen LogP contribution in [0.4, 0.5) is 5.69 Å². The van der Waals surface area contributed by atoms with Crippen LogP contribution in [0.15, 0.2) is 22.7 Å². The second-order valence-electron chi connectivity index (χ2n) is 4.50. The van der Waals surface area contributed by atoms with Crippen LogP contribution in [0.25, 0.3) is 0 Å². The zero-order chi connectivity index (χ0) is 12.3. The second-order valence-corrected chi connectivity index (χ2v) is 5.35. The molecule has 1 atom stereocenters. The van der Waals surface area contributed by atoms with Crippen molar-refractivity contribution < 1.29 is 5.11 Å². The molecular formula is C13H19BrN2O. The van der Waals surface area contributed by atoms with E-state index in [9.17, 15) is 0 Å². The van der Waals surface area contributed by atoms with Crippen LogP contribution in [0.5, 0.6) is 0 Å². The zero-order valence-corrected chi connectivity index (χ0v) is 11.7. The maximum Gasteiger partial charge on any atom is 0.0451 e. The molecule has 2 N–H and O–H groups in total. The Labute approximate surface area is 111 Å². The molecular weight excluding hydrogens is 280 g/mol. The van der Waals surface area contributed by atoms with Crippen LogP contribution >= 0.6 is 15.9 Å². The summed E-state index contributed by atoms with van der Waals surface area (Å²) in [5.74, 6) is 0. The third-order valence-electron chi connectivity index (χ3n) is 3.29. The first-order valence-corrected chi connectivity index (χ1v) is 6.86. The van der Waals surface area contributed by atoms with Gasteiger partial charge in [0, 0.05) is 42.4 Å². The Balaban J connectivity index is 2.20. The number of anilines is 1. The van der Waals surface area contributed by atoms with Gasteiger partial charge in [-0.3, -0.25) is 0 Å². The number of nitrogens with one attached hydrogen (secondary N) is 1. The number of halogens is 1. The van der Waals surface area contributed by atoms with Crippen LogP contribution in [0, 0.1) is 6.92 Å². The SMILES string of the molecule is Cc1cc(N2CCNCC2CCO)ccc1Br. The lowest BCUT2D eigenvalue weighted by atomic mass is 10.1. The number of piperazine rings is 1. The average Bonchev–Trinajstić information content (AvgIpc) is 2.34. The van der Waals surface area contributed by atoms with Crippen LogP contribution in [0.3, 0.4) is 0 Å². The zero-order valence-electron chi connectivity index (χ0n) is 10.1. The van der Waals surface area contributed by atoms with Crippen LogP contribution in [0.1, 0.15) is 12.0 Å².